The van der Waals surface area contributed by atoms with E-state index in [1.54, 1.807) is 18.3 Å². The van der Waals surface area contributed by atoms with Crippen molar-refractivity contribution in [3.05, 3.63) is 30.1 Å². The highest BCUT2D eigenvalue weighted by Gasteiger charge is 2.22. The van der Waals surface area contributed by atoms with Crippen molar-refractivity contribution < 1.29 is 12.9 Å². The number of hydrogen-bond acceptors (Lipinski definition) is 5. The van der Waals surface area contributed by atoms with Crippen LogP contribution in [-0.2, 0) is 21.3 Å². The molecule has 1 aromatic heterocycles. The molecule has 0 aliphatic carbocycles. The van der Waals surface area contributed by atoms with Gasteiger partial charge in [-0.25, -0.2) is 4.21 Å². The third kappa shape index (κ3) is 2.85. The number of nitrogens with two attached hydrogens (primary N) is 1. The minimum atomic E-state index is -2.64. The molecule has 1 heterocycles. The molecule has 0 radical (unpaired) electrons. The molecule has 2 atom stereocenters. The first-order valence-electron chi connectivity index (χ1n) is 3.50. The number of aromatic nitrogens is 1. The lowest BCUT2D eigenvalue weighted by Crippen LogP contribution is -2.36. The third-order valence-corrected chi connectivity index (χ3v) is 1.96. The van der Waals surface area contributed by atoms with Crippen LogP contribution in [0.25, 0.3) is 0 Å². The number of hydrogen-bond donors (Lipinski definition) is 1. The average Bonchev–Trinajstić information content (AvgIpc) is 2.04. The highest BCUT2D eigenvalue weighted by molar-refractivity contribution is 7.74. The monoisotopic (exact) mass is 201 g/mol. The highest BCUT2D eigenvalue weighted by Crippen LogP contribution is 2.18. The smallest absolute Gasteiger partial charge is 0.156 e. The molecule has 2 N–H and O–H groups in total. The molecule has 0 aliphatic heterocycles. The number of pyridine rings is 1. The van der Waals surface area contributed by atoms with Crippen molar-refractivity contribution in [3.63, 3.8) is 0 Å². The van der Waals surface area contributed by atoms with Crippen LogP contribution in [0.4, 0.5) is 0 Å². The average molecular weight is 201 g/mol. The lowest BCUT2D eigenvalue weighted by Gasteiger charge is -2.25. The minimum absolute atomic E-state index is 0.499. The molecule has 0 saturated carbocycles. The van der Waals surface area contributed by atoms with Gasteiger partial charge in [0.05, 0.1) is 11.4 Å². The van der Waals surface area contributed by atoms with E-state index < -0.39 is 17.1 Å². The topological polar surface area (TPSA) is 88.3 Å². The van der Waals surface area contributed by atoms with E-state index in [2.05, 4.69) is 9.17 Å². The Hall–Kier alpha value is -0.820. The summed E-state index contributed by atoms with van der Waals surface area (Å²) in [5.74, 6) is 0. The molecule has 72 valence electrons. The van der Waals surface area contributed by atoms with Gasteiger partial charge >= 0.3 is 0 Å². The molecule has 0 aromatic carbocycles. The number of nitrogens with zero attached hydrogens (tertiary/aromatic N) is 1. The van der Waals surface area contributed by atoms with E-state index in [0.717, 1.165) is 0 Å². The molecule has 0 spiro atoms. The second-order valence-electron chi connectivity index (χ2n) is 2.64. The summed E-state index contributed by atoms with van der Waals surface area (Å²) in [6.07, 6.45) is 3.01. The molecule has 0 bridgehead atoms. The summed E-state index contributed by atoms with van der Waals surface area (Å²) in [7, 11) is 0. The molecule has 0 aliphatic rings. The largest absolute Gasteiger partial charge is 0.750 e. The maximum Gasteiger partial charge on any atom is 0.156 e. The molecular weight excluding hydrogens is 192 g/mol. The summed E-state index contributed by atoms with van der Waals surface area (Å²) in [4.78, 5) is 3.80. The summed E-state index contributed by atoms with van der Waals surface area (Å²) in [5, 5.41) is 0. The Morgan fingerprint density at radius 2 is 2.46 bits per heavy atom. The predicted molar refractivity (Wildman–Crippen MR) is 45.8 cm³/mol. The van der Waals surface area contributed by atoms with Crippen LogP contribution < -0.4 is 5.73 Å². The quantitative estimate of drug-likeness (QED) is 0.550. The maximum absolute atomic E-state index is 10.3. The van der Waals surface area contributed by atoms with Gasteiger partial charge in [0.2, 0.25) is 0 Å². The SMILES string of the molecule is CC(N)(OS(=O)[O-])c1cccnc1. The molecule has 5 nitrogen and oxygen atoms in total. The summed E-state index contributed by atoms with van der Waals surface area (Å²) in [6, 6.07) is 3.29. The fraction of sp³-hybridized carbons (Fsp3) is 0.286. The van der Waals surface area contributed by atoms with Crippen LogP contribution in [0.15, 0.2) is 24.5 Å². The van der Waals surface area contributed by atoms with Crippen molar-refractivity contribution in [1.29, 1.82) is 0 Å². The summed E-state index contributed by atoms with van der Waals surface area (Å²) >= 11 is -2.64. The Balaban J connectivity index is 2.87. The van der Waals surface area contributed by atoms with Crippen LogP contribution in [0, 0.1) is 0 Å². The fourth-order valence-corrected chi connectivity index (χ4v) is 1.22. The summed E-state index contributed by atoms with van der Waals surface area (Å²) in [6.45, 7) is 1.44. The lowest BCUT2D eigenvalue weighted by molar-refractivity contribution is 0.0982. The number of rotatable bonds is 3. The minimum Gasteiger partial charge on any atom is -0.750 e. The van der Waals surface area contributed by atoms with Crippen molar-refractivity contribution in [1.82, 2.24) is 4.98 Å². The van der Waals surface area contributed by atoms with E-state index in [9.17, 15) is 8.76 Å². The molecule has 0 saturated heterocycles. The van der Waals surface area contributed by atoms with Crippen molar-refractivity contribution in [2.75, 3.05) is 0 Å². The molecular formula is C7H9N2O3S-. The van der Waals surface area contributed by atoms with Gasteiger partial charge in [0.25, 0.3) is 0 Å². The Kier molecular flexibility index (Phi) is 3.10. The van der Waals surface area contributed by atoms with Gasteiger partial charge < -0.3 is 4.55 Å². The van der Waals surface area contributed by atoms with E-state index in [1.807, 2.05) is 0 Å². The molecule has 0 fully saturated rings. The van der Waals surface area contributed by atoms with E-state index in [-0.39, 0.29) is 0 Å². The van der Waals surface area contributed by atoms with Gasteiger partial charge in [-0.1, -0.05) is 6.07 Å². The first-order chi connectivity index (χ1) is 6.02. The van der Waals surface area contributed by atoms with Gasteiger partial charge in [0.1, 0.15) is 0 Å². The van der Waals surface area contributed by atoms with Crippen LogP contribution in [0.3, 0.4) is 0 Å². The van der Waals surface area contributed by atoms with E-state index in [4.69, 9.17) is 5.73 Å². The van der Waals surface area contributed by atoms with E-state index in [1.165, 1.54) is 13.1 Å². The van der Waals surface area contributed by atoms with Crippen LogP contribution in [0.1, 0.15) is 12.5 Å². The second kappa shape index (κ2) is 3.93. The standard InChI is InChI=1S/C7H10N2O3S/c1-7(8,12-13(10)11)6-3-2-4-9-5-6/h2-5H,8H2,1H3,(H,10,11)/p-1. The lowest BCUT2D eigenvalue weighted by atomic mass is 10.1. The highest BCUT2D eigenvalue weighted by atomic mass is 32.2. The van der Waals surface area contributed by atoms with Gasteiger partial charge in [-0.2, -0.15) is 0 Å². The van der Waals surface area contributed by atoms with Gasteiger partial charge in [0, 0.05) is 18.0 Å². The Labute approximate surface area is 78.4 Å². The zero-order valence-electron chi connectivity index (χ0n) is 6.97. The molecule has 1 aromatic rings. The normalized spacial score (nSPS) is 17.8. The summed E-state index contributed by atoms with van der Waals surface area (Å²) in [5.41, 5.74) is 4.72. The maximum atomic E-state index is 10.3. The van der Waals surface area contributed by atoms with Crippen LogP contribution in [-0.4, -0.2) is 13.7 Å². The Morgan fingerprint density at radius 3 is 2.92 bits per heavy atom. The van der Waals surface area contributed by atoms with Gasteiger partial charge in [0.15, 0.2) is 5.72 Å². The zero-order chi connectivity index (χ0) is 9.90. The molecule has 6 heteroatoms. The van der Waals surface area contributed by atoms with Crippen molar-refractivity contribution in [2.45, 2.75) is 12.6 Å². The van der Waals surface area contributed by atoms with E-state index >= 15 is 0 Å². The zero-order valence-corrected chi connectivity index (χ0v) is 7.78. The molecule has 1 rings (SSSR count). The van der Waals surface area contributed by atoms with Crippen LogP contribution in [0.2, 0.25) is 0 Å². The van der Waals surface area contributed by atoms with Crippen LogP contribution in [0.5, 0.6) is 0 Å². The third-order valence-electron chi connectivity index (χ3n) is 1.48. The van der Waals surface area contributed by atoms with Gasteiger partial charge in [-0.05, 0) is 13.0 Å². The fourth-order valence-electron chi connectivity index (χ4n) is 0.846. The van der Waals surface area contributed by atoms with Crippen molar-refractivity contribution >= 4 is 11.4 Å². The first kappa shape index (κ1) is 10.3. The van der Waals surface area contributed by atoms with Crippen molar-refractivity contribution in [2.24, 2.45) is 5.73 Å². The van der Waals surface area contributed by atoms with Gasteiger partial charge in [-0.3, -0.25) is 14.9 Å². The first-order valence-corrected chi connectivity index (χ1v) is 4.50. The molecule has 0 amide bonds. The Bertz CT molecular complexity index is 302. The Morgan fingerprint density at radius 1 is 1.77 bits per heavy atom. The van der Waals surface area contributed by atoms with Gasteiger partial charge in [-0.15, -0.1) is 0 Å². The van der Waals surface area contributed by atoms with E-state index in [0.29, 0.717) is 5.56 Å². The molecule has 2 unspecified atom stereocenters. The van der Waals surface area contributed by atoms with Crippen LogP contribution >= 0.6 is 0 Å². The van der Waals surface area contributed by atoms with Crippen molar-refractivity contribution in [3.8, 4) is 0 Å². The predicted octanol–water partition coefficient (Wildman–Crippen LogP) is 0.0237. The molecule has 13 heavy (non-hydrogen) atoms. The second-order valence-corrected chi connectivity index (χ2v) is 3.21. The summed E-state index contributed by atoms with van der Waals surface area (Å²) < 4.78 is 25.0.